The van der Waals surface area contributed by atoms with E-state index in [2.05, 4.69) is 0 Å². The van der Waals surface area contributed by atoms with Crippen LogP contribution in [0.25, 0.3) is 0 Å². The van der Waals surface area contributed by atoms with Gasteiger partial charge in [0.25, 0.3) is 0 Å². The van der Waals surface area contributed by atoms with Gasteiger partial charge < -0.3 is 14.2 Å². The van der Waals surface area contributed by atoms with E-state index in [0.717, 1.165) is 25.7 Å². The molecule has 2 aromatic carbocycles. The van der Waals surface area contributed by atoms with Gasteiger partial charge in [-0.3, -0.25) is 0 Å². The molecule has 0 atom stereocenters. The Kier molecular flexibility index (Phi) is 12.7. The van der Waals surface area contributed by atoms with Gasteiger partial charge >= 0.3 is 63.4 Å². The fourth-order valence-electron chi connectivity index (χ4n) is 3.98. The molecule has 1 amide bonds. The Morgan fingerprint density at radius 3 is 2.18 bits per heavy atom. The van der Waals surface area contributed by atoms with Crippen LogP contribution in [0.4, 0.5) is 20.6 Å². The Bertz CT molecular complexity index is 903. The van der Waals surface area contributed by atoms with Crippen LogP contribution in [-0.2, 0) is 19.0 Å². The van der Waals surface area contributed by atoms with Gasteiger partial charge in [-0.1, -0.05) is 24.3 Å². The molecule has 2 aromatic rings. The zero-order valence-corrected chi connectivity index (χ0v) is 19.2. The topological polar surface area (TPSA) is 65.1 Å². The van der Waals surface area contributed by atoms with Crippen molar-refractivity contribution in [1.29, 1.82) is 0 Å². The third-order valence-corrected chi connectivity index (χ3v) is 5.61. The number of benzene rings is 2. The summed E-state index contributed by atoms with van der Waals surface area (Å²) in [7, 11) is 0. The number of rotatable bonds is 9. The van der Waals surface area contributed by atoms with Crippen LogP contribution in [-0.4, -0.2) is 89.4 Å². The fraction of sp³-hybridized carbons (Fsp3) is 0.462. The minimum atomic E-state index is -0.527. The molecule has 0 saturated heterocycles. The number of esters is 1. The van der Waals surface area contributed by atoms with Gasteiger partial charge in [-0.15, -0.1) is 0 Å². The monoisotopic (exact) mass is 497 g/mol. The first-order valence-electron chi connectivity index (χ1n) is 11.5. The molecule has 8 heteroatoms. The average Bonchev–Trinajstić information content (AvgIpc) is 2.79. The first-order valence-corrected chi connectivity index (χ1v) is 11.5. The predicted octanol–water partition coefficient (Wildman–Crippen LogP) is 5.23. The second-order valence-corrected chi connectivity index (χ2v) is 8.67. The molecule has 0 spiro atoms. The first-order chi connectivity index (χ1) is 15.9. The summed E-state index contributed by atoms with van der Waals surface area (Å²) in [6.45, 7) is 4.43. The van der Waals surface area contributed by atoms with Gasteiger partial charge in [0, 0.05) is 0 Å². The molecule has 1 aliphatic carbocycles. The summed E-state index contributed by atoms with van der Waals surface area (Å²) < 4.78 is 30.0. The summed E-state index contributed by atoms with van der Waals surface area (Å²) in [6, 6.07) is 15.0. The minimum absolute atomic E-state index is 0. The molecule has 0 heterocycles. The van der Waals surface area contributed by atoms with E-state index in [1.54, 1.807) is 24.3 Å². The average molecular weight is 498 g/mol. The number of ether oxygens (including phenoxy) is 3. The summed E-state index contributed by atoms with van der Waals surface area (Å²) in [6.07, 6.45) is 3.08. The molecular weight excluding hydrogens is 464 g/mol. The molecule has 1 aliphatic rings. The van der Waals surface area contributed by atoms with E-state index in [1.807, 2.05) is 32.0 Å². The summed E-state index contributed by atoms with van der Waals surface area (Å²) in [5, 5.41) is 0. The Morgan fingerprint density at radius 1 is 0.941 bits per heavy atom. The van der Waals surface area contributed by atoms with Crippen LogP contribution < -0.4 is 4.90 Å². The van der Waals surface area contributed by atoms with Crippen molar-refractivity contribution in [3.63, 3.8) is 0 Å². The quantitative estimate of drug-likeness (QED) is 0.351. The molecule has 6 nitrogen and oxygen atoms in total. The Balaban J connectivity index is 0.00000408. The molecule has 0 aromatic heterocycles. The fourth-order valence-corrected chi connectivity index (χ4v) is 3.98. The Morgan fingerprint density at radius 2 is 1.56 bits per heavy atom. The summed E-state index contributed by atoms with van der Waals surface area (Å²) >= 11 is 0. The van der Waals surface area contributed by atoms with Gasteiger partial charge in [-0.25, -0.2) is 18.9 Å². The number of nitrogens with zero attached hydrogens (tertiary/aromatic N) is 1. The molecule has 0 unspecified atom stereocenters. The summed E-state index contributed by atoms with van der Waals surface area (Å²) in [5.41, 5.74) is 1.04. The predicted molar refractivity (Wildman–Crippen MR) is 131 cm³/mol. The van der Waals surface area contributed by atoms with E-state index in [4.69, 9.17) is 14.2 Å². The standard InChI is InChI=1S/C26H32FNO5.K.H/c1-19(2)33-25(29)18-31-16-20-11-13-21(14-12-20)17-32-26(30)28(23-8-4-3-5-9-23)24-10-6-7-22(27)15-24;;/h3-10,15,19-21H,11-14,16-18H2,1-2H3;;/t20-,21-;;. The van der Waals surface area contributed by atoms with Crippen LogP contribution in [0.15, 0.2) is 54.6 Å². The Labute approximate surface area is 243 Å². The van der Waals surface area contributed by atoms with Crippen molar-refractivity contribution in [3.8, 4) is 0 Å². The van der Waals surface area contributed by atoms with E-state index >= 15 is 0 Å². The van der Waals surface area contributed by atoms with Crippen LogP contribution in [0.5, 0.6) is 0 Å². The first kappa shape index (κ1) is 28.9. The summed E-state index contributed by atoms with van der Waals surface area (Å²) in [4.78, 5) is 25.9. The number of hydrogen-bond donors (Lipinski definition) is 0. The van der Waals surface area contributed by atoms with Crippen molar-refractivity contribution >= 4 is 74.8 Å². The van der Waals surface area contributed by atoms with Crippen molar-refractivity contribution in [1.82, 2.24) is 0 Å². The maximum absolute atomic E-state index is 13.8. The van der Waals surface area contributed by atoms with E-state index < -0.39 is 11.9 Å². The van der Waals surface area contributed by atoms with Crippen LogP contribution in [0, 0.1) is 17.7 Å². The van der Waals surface area contributed by atoms with Gasteiger partial charge in [0.15, 0.2) is 0 Å². The summed E-state index contributed by atoms with van der Waals surface area (Å²) in [5.74, 6) is -0.107. The SMILES string of the molecule is CC(C)OC(=O)COC[C@H]1CC[C@H](COC(=O)N(c2ccccc2)c2cccc(F)c2)CC1.[KH]. The number of carbonyl (C=O) groups is 2. The third kappa shape index (κ3) is 9.39. The van der Waals surface area contributed by atoms with Crippen molar-refractivity contribution < 1.29 is 28.2 Å². The number of halogens is 1. The van der Waals surface area contributed by atoms with E-state index in [1.165, 1.54) is 17.0 Å². The van der Waals surface area contributed by atoms with E-state index in [9.17, 15) is 14.0 Å². The van der Waals surface area contributed by atoms with Crippen LogP contribution >= 0.6 is 0 Å². The van der Waals surface area contributed by atoms with Crippen molar-refractivity contribution in [2.75, 3.05) is 24.7 Å². The Hall–Kier alpha value is -1.29. The van der Waals surface area contributed by atoms with Crippen LogP contribution in [0.2, 0.25) is 0 Å². The van der Waals surface area contributed by atoms with E-state index in [0.29, 0.717) is 30.5 Å². The molecule has 1 saturated carbocycles. The van der Waals surface area contributed by atoms with Gasteiger partial charge in [0.2, 0.25) is 0 Å². The number of hydrogen-bond acceptors (Lipinski definition) is 5. The molecule has 34 heavy (non-hydrogen) atoms. The van der Waals surface area contributed by atoms with Gasteiger partial charge in [-0.2, -0.15) is 0 Å². The number of para-hydroxylation sites is 1. The maximum atomic E-state index is 13.8. The van der Waals surface area contributed by atoms with Crippen LogP contribution in [0.3, 0.4) is 0 Å². The number of amides is 1. The zero-order chi connectivity index (χ0) is 23.6. The van der Waals surface area contributed by atoms with Crippen LogP contribution in [0.1, 0.15) is 39.5 Å². The molecule has 0 radical (unpaired) electrons. The number of anilines is 2. The second kappa shape index (κ2) is 15.0. The van der Waals surface area contributed by atoms with Gasteiger partial charge in [0.05, 0.1) is 30.7 Å². The number of carbonyl (C=O) groups excluding carboxylic acids is 2. The van der Waals surface area contributed by atoms with Crippen molar-refractivity contribution in [3.05, 3.63) is 60.4 Å². The normalized spacial score (nSPS) is 17.5. The molecule has 180 valence electrons. The molecule has 3 rings (SSSR count). The molecule has 1 fully saturated rings. The molecule has 0 aliphatic heterocycles. The van der Waals surface area contributed by atoms with Crippen molar-refractivity contribution in [2.45, 2.75) is 45.6 Å². The zero-order valence-electron chi connectivity index (χ0n) is 19.2. The van der Waals surface area contributed by atoms with Gasteiger partial charge in [0.1, 0.15) is 12.4 Å². The molecule has 0 N–H and O–H groups in total. The second-order valence-electron chi connectivity index (χ2n) is 8.67. The third-order valence-electron chi connectivity index (χ3n) is 5.61. The molecular formula is C26H33FKNO5. The van der Waals surface area contributed by atoms with E-state index in [-0.39, 0.29) is 76.0 Å². The van der Waals surface area contributed by atoms with Gasteiger partial charge in [-0.05, 0) is 81.7 Å². The molecule has 0 bridgehead atoms. The van der Waals surface area contributed by atoms with Crippen molar-refractivity contribution in [2.24, 2.45) is 11.8 Å².